The van der Waals surface area contributed by atoms with Gasteiger partial charge in [-0.15, -0.1) is 0 Å². The van der Waals surface area contributed by atoms with Gasteiger partial charge in [-0.2, -0.15) is 15.8 Å². The average molecular weight is 242 g/mol. The molecule has 1 rings (SSSR count). The summed E-state index contributed by atoms with van der Waals surface area (Å²) < 4.78 is 18.0. The Kier molecular flexibility index (Phi) is 4.26. The normalized spacial score (nSPS) is 8.39. The molecule has 0 spiro atoms. The number of rotatable bonds is 3. The van der Waals surface area contributed by atoms with Crippen molar-refractivity contribution in [2.75, 3.05) is 12.4 Å². The second-order valence-electron chi connectivity index (χ2n) is 3.06. The lowest BCUT2D eigenvalue weighted by molar-refractivity contribution is 0.415. The Morgan fingerprint density at radius 3 is 2.39 bits per heavy atom. The van der Waals surface area contributed by atoms with Crippen LogP contribution in [0.2, 0.25) is 0 Å². The molecular formula is C12H7FN4O. The molecule has 0 saturated carbocycles. The molecule has 0 aromatic heterocycles. The van der Waals surface area contributed by atoms with Crippen molar-refractivity contribution in [2.24, 2.45) is 0 Å². The first-order valence-corrected chi connectivity index (χ1v) is 4.71. The van der Waals surface area contributed by atoms with Crippen LogP contribution in [0.5, 0.6) is 5.75 Å². The van der Waals surface area contributed by atoms with Crippen molar-refractivity contribution >= 4 is 5.69 Å². The van der Waals surface area contributed by atoms with Crippen LogP contribution >= 0.6 is 0 Å². The van der Waals surface area contributed by atoms with Gasteiger partial charge in [-0.25, -0.2) is 4.39 Å². The van der Waals surface area contributed by atoms with Crippen LogP contribution in [0.3, 0.4) is 0 Å². The molecule has 0 radical (unpaired) electrons. The Morgan fingerprint density at radius 2 is 1.89 bits per heavy atom. The van der Waals surface area contributed by atoms with Crippen LogP contribution in [0, 0.1) is 39.8 Å². The third-order valence-corrected chi connectivity index (χ3v) is 2.01. The predicted octanol–water partition coefficient (Wildman–Crippen LogP) is 2.07. The zero-order chi connectivity index (χ0) is 13.5. The molecule has 0 aliphatic rings. The fourth-order valence-electron chi connectivity index (χ4n) is 1.20. The van der Waals surface area contributed by atoms with Gasteiger partial charge in [0.05, 0.1) is 12.8 Å². The average Bonchev–Trinajstić information content (AvgIpc) is 2.39. The van der Waals surface area contributed by atoms with Gasteiger partial charge in [-0.3, -0.25) is 0 Å². The maximum Gasteiger partial charge on any atom is 0.163 e. The molecule has 0 aliphatic heterocycles. The summed E-state index contributed by atoms with van der Waals surface area (Å²) in [5.74, 6) is -0.245. The molecule has 18 heavy (non-hydrogen) atoms. The largest absolute Gasteiger partial charge is 0.495 e. The van der Waals surface area contributed by atoms with E-state index in [-0.39, 0.29) is 17.0 Å². The number of allylic oxidation sites excluding steroid dienone is 2. The van der Waals surface area contributed by atoms with Gasteiger partial charge in [0.2, 0.25) is 0 Å². The molecule has 0 aliphatic carbocycles. The molecule has 88 valence electrons. The van der Waals surface area contributed by atoms with Gasteiger partial charge in [0.25, 0.3) is 0 Å². The lowest BCUT2D eigenvalue weighted by atomic mass is 10.2. The van der Waals surface area contributed by atoms with E-state index in [0.29, 0.717) is 5.75 Å². The Bertz CT molecular complexity index is 600. The van der Waals surface area contributed by atoms with E-state index in [1.54, 1.807) is 18.2 Å². The third-order valence-electron chi connectivity index (χ3n) is 2.01. The number of nitriles is 3. The topological polar surface area (TPSA) is 92.6 Å². The summed E-state index contributed by atoms with van der Waals surface area (Å²) in [4.78, 5) is 0. The van der Waals surface area contributed by atoms with E-state index in [0.717, 1.165) is 6.07 Å². The Balaban J connectivity index is 3.24. The summed E-state index contributed by atoms with van der Waals surface area (Å²) in [6.45, 7) is 0. The number of benzene rings is 1. The van der Waals surface area contributed by atoms with Gasteiger partial charge in [0, 0.05) is 6.07 Å². The molecule has 0 unspecified atom stereocenters. The van der Waals surface area contributed by atoms with Crippen LogP contribution < -0.4 is 10.1 Å². The van der Waals surface area contributed by atoms with Crippen molar-refractivity contribution in [1.29, 1.82) is 15.8 Å². The summed E-state index contributed by atoms with van der Waals surface area (Å²) >= 11 is 0. The van der Waals surface area contributed by atoms with Crippen molar-refractivity contribution in [1.82, 2.24) is 0 Å². The van der Waals surface area contributed by atoms with Gasteiger partial charge in [-0.05, 0) is 12.1 Å². The maximum absolute atomic E-state index is 13.1. The van der Waals surface area contributed by atoms with Crippen molar-refractivity contribution < 1.29 is 9.13 Å². The highest BCUT2D eigenvalue weighted by Gasteiger charge is 2.10. The molecule has 5 nitrogen and oxygen atoms in total. The maximum atomic E-state index is 13.1. The van der Waals surface area contributed by atoms with Crippen LogP contribution in [0.15, 0.2) is 29.5 Å². The second kappa shape index (κ2) is 5.89. The number of nitrogens with zero attached hydrogens (tertiary/aromatic N) is 3. The molecule has 1 aromatic rings. The van der Waals surface area contributed by atoms with Gasteiger partial charge >= 0.3 is 0 Å². The molecule has 1 aromatic carbocycles. The highest BCUT2D eigenvalue weighted by Crippen LogP contribution is 2.26. The van der Waals surface area contributed by atoms with E-state index in [9.17, 15) is 4.39 Å². The summed E-state index contributed by atoms with van der Waals surface area (Å²) in [7, 11) is 1.38. The zero-order valence-electron chi connectivity index (χ0n) is 9.36. The number of hydrogen-bond donors (Lipinski definition) is 1. The summed E-state index contributed by atoms with van der Waals surface area (Å²) in [6.07, 6.45) is 0. The minimum Gasteiger partial charge on any atom is -0.495 e. The van der Waals surface area contributed by atoms with E-state index in [1.165, 1.54) is 19.2 Å². The standard InChI is InChI=1S/C12H7FN4O/c1-18-12-3-2-9(13)4-10(12)17-11(7-16)8(5-14)6-15/h2-4,17H,1H3. The highest BCUT2D eigenvalue weighted by molar-refractivity contribution is 5.64. The van der Waals surface area contributed by atoms with Gasteiger partial charge in [-0.1, -0.05) is 0 Å². The van der Waals surface area contributed by atoms with Gasteiger partial charge in [0.1, 0.15) is 35.5 Å². The van der Waals surface area contributed by atoms with Crippen LogP contribution in [0.1, 0.15) is 0 Å². The second-order valence-corrected chi connectivity index (χ2v) is 3.06. The Morgan fingerprint density at radius 1 is 1.22 bits per heavy atom. The van der Waals surface area contributed by atoms with Crippen molar-refractivity contribution in [3.8, 4) is 24.0 Å². The van der Waals surface area contributed by atoms with Crippen molar-refractivity contribution in [3.05, 3.63) is 35.3 Å². The SMILES string of the molecule is COc1ccc(F)cc1NC(C#N)=C(C#N)C#N. The lowest BCUT2D eigenvalue weighted by Crippen LogP contribution is -2.02. The smallest absolute Gasteiger partial charge is 0.163 e. The molecule has 0 atom stereocenters. The van der Waals surface area contributed by atoms with E-state index in [4.69, 9.17) is 20.5 Å². The minimum absolute atomic E-state index is 0.164. The first-order valence-electron chi connectivity index (χ1n) is 4.71. The fraction of sp³-hybridized carbons (Fsp3) is 0.0833. The first-order chi connectivity index (χ1) is 8.65. The summed E-state index contributed by atoms with van der Waals surface area (Å²) in [5.41, 5.74) is -0.482. The van der Waals surface area contributed by atoms with E-state index >= 15 is 0 Å². The fourth-order valence-corrected chi connectivity index (χ4v) is 1.20. The van der Waals surface area contributed by atoms with Crippen LogP contribution in [-0.2, 0) is 0 Å². The lowest BCUT2D eigenvalue weighted by Gasteiger charge is -2.09. The van der Waals surface area contributed by atoms with Gasteiger partial charge in [0.15, 0.2) is 5.57 Å². The molecule has 0 bridgehead atoms. The number of halogens is 1. The molecule has 0 heterocycles. The molecular weight excluding hydrogens is 235 g/mol. The Labute approximate surface area is 103 Å². The predicted molar refractivity (Wildman–Crippen MR) is 60.4 cm³/mol. The number of methoxy groups -OCH3 is 1. The monoisotopic (exact) mass is 242 g/mol. The quantitative estimate of drug-likeness (QED) is 0.819. The summed E-state index contributed by atoms with van der Waals surface area (Å²) in [6, 6.07) is 8.47. The van der Waals surface area contributed by atoms with Crippen molar-refractivity contribution in [2.45, 2.75) is 0 Å². The van der Waals surface area contributed by atoms with E-state index in [2.05, 4.69) is 5.32 Å². The number of ether oxygens (including phenoxy) is 1. The number of anilines is 1. The van der Waals surface area contributed by atoms with Crippen LogP contribution in [0.25, 0.3) is 0 Å². The molecule has 0 amide bonds. The third kappa shape index (κ3) is 2.75. The molecule has 1 N–H and O–H groups in total. The molecule has 6 heteroatoms. The highest BCUT2D eigenvalue weighted by atomic mass is 19.1. The van der Waals surface area contributed by atoms with Crippen molar-refractivity contribution in [3.63, 3.8) is 0 Å². The first kappa shape index (κ1) is 13.0. The molecule has 0 fully saturated rings. The summed E-state index contributed by atoms with van der Waals surface area (Å²) in [5, 5.41) is 28.7. The van der Waals surface area contributed by atoms with E-state index in [1.807, 2.05) is 0 Å². The zero-order valence-corrected chi connectivity index (χ0v) is 9.36. The number of hydrogen-bond acceptors (Lipinski definition) is 5. The minimum atomic E-state index is -0.536. The molecule has 0 saturated heterocycles. The van der Waals surface area contributed by atoms with E-state index < -0.39 is 5.82 Å². The number of nitrogens with one attached hydrogen (secondary N) is 1. The van der Waals surface area contributed by atoms with Crippen LogP contribution in [0.4, 0.5) is 10.1 Å². The Hall–Kier alpha value is -3.04. The van der Waals surface area contributed by atoms with Gasteiger partial charge < -0.3 is 10.1 Å². The van der Waals surface area contributed by atoms with Crippen LogP contribution in [-0.4, -0.2) is 7.11 Å².